The topological polar surface area (TPSA) is 99.0 Å². The van der Waals surface area contributed by atoms with Crippen molar-refractivity contribution in [2.24, 2.45) is 0 Å². The van der Waals surface area contributed by atoms with Crippen LogP contribution in [0.4, 0.5) is 0 Å². The second-order valence-corrected chi connectivity index (χ2v) is 3.39. The molecule has 0 aliphatic carbocycles. The number of carboxylic acid groups (broad SMARTS) is 1. The van der Waals surface area contributed by atoms with Crippen molar-refractivity contribution in [2.45, 2.75) is 6.42 Å². The lowest BCUT2D eigenvalue weighted by Gasteiger charge is -1.98. The molecule has 0 aromatic carbocycles. The fraction of sp³-hybridized carbons (Fsp3) is 0.182. The lowest BCUT2D eigenvalue weighted by Crippen LogP contribution is -2.00. The number of hydrogen-bond acceptors (Lipinski definition) is 4. The van der Waals surface area contributed by atoms with Crippen LogP contribution in [0.15, 0.2) is 12.3 Å². The highest BCUT2D eigenvalue weighted by molar-refractivity contribution is 5.97. The summed E-state index contributed by atoms with van der Waals surface area (Å²) < 4.78 is 4.97. The van der Waals surface area contributed by atoms with E-state index in [0.29, 0.717) is 22.3 Å². The number of aromatic amines is 1. The minimum Gasteiger partial charge on any atom is -0.481 e. The lowest BCUT2D eigenvalue weighted by molar-refractivity contribution is 0.0690. The van der Waals surface area contributed by atoms with Gasteiger partial charge in [0.05, 0.1) is 31.3 Å². The number of aromatic nitrogens is 2. The third-order valence-corrected chi connectivity index (χ3v) is 2.44. The van der Waals surface area contributed by atoms with Crippen LogP contribution in [0.3, 0.4) is 0 Å². The van der Waals surface area contributed by atoms with E-state index in [4.69, 9.17) is 15.1 Å². The summed E-state index contributed by atoms with van der Waals surface area (Å²) in [5, 5.41) is 18.4. The number of hydrogen-bond donors (Lipinski definition) is 2. The van der Waals surface area contributed by atoms with Crippen molar-refractivity contribution >= 4 is 16.9 Å². The smallest absolute Gasteiger partial charge is 0.352 e. The van der Waals surface area contributed by atoms with E-state index in [9.17, 15) is 4.79 Å². The van der Waals surface area contributed by atoms with Crippen LogP contribution in [0.25, 0.3) is 10.9 Å². The van der Waals surface area contributed by atoms with Gasteiger partial charge in [-0.25, -0.2) is 9.78 Å². The first-order valence-electron chi connectivity index (χ1n) is 4.82. The number of methoxy groups -OCH3 is 1. The fourth-order valence-corrected chi connectivity index (χ4v) is 1.69. The molecule has 86 valence electrons. The van der Waals surface area contributed by atoms with E-state index < -0.39 is 5.97 Å². The molecule has 0 saturated heterocycles. The largest absolute Gasteiger partial charge is 0.481 e. The molecule has 2 N–H and O–H groups in total. The number of nitrogens with one attached hydrogen (secondary N) is 1. The first kappa shape index (κ1) is 11.0. The average Bonchev–Trinajstić information content (AvgIpc) is 2.68. The Kier molecular flexibility index (Phi) is 2.66. The van der Waals surface area contributed by atoms with Crippen molar-refractivity contribution in [3.63, 3.8) is 0 Å². The van der Waals surface area contributed by atoms with Crippen LogP contribution < -0.4 is 4.74 Å². The molecule has 0 bridgehead atoms. The van der Waals surface area contributed by atoms with Gasteiger partial charge in [-0.3, -0.25) is 0 Å². The van der Waals surface area contributed by atoms with Gasteiger partial charge in [-0.05, 0) is 0 Å². The molecule has 2 rings (SSSR count). The molecule has 6 heteroatoms. The van der Waals surface area contributed by atoms with Gasteiger partial charge in [0.2, 0.25) is 5.88 Å². The van der Waals surface area contributed by atoms with Gasteiger partial charge in [0, 0.05) is 17.0 Å². The number of carboxylic acids is 1. The molecular weight excluding hydrogens is 222 g/mol. The summed E-state index contributed by atoms with van der Waals surface area (Å²) in [5.41, 5.74) is 1.06. The van der Waals surface area contributed by atoms with E-state index in [0.717, 1.165) is 0 Å². The fourth-order valence-electron chi connectivity index (χ4n) is 1.69. The summed E-state index contributed by atoms with van der Waals surface area (Å²) in [6.45, 7) is 0. The van der Waals surface area contributed by atoms with Crippen LogP contribution in [0, 0.1) is 11.3 Å². The Morgan fingerprint density at radius 1 is 1.71 bits per heavy atom. The van der Waals surface area contributed by atoms with Gasteiger partial charge >= 0.3 is 5.97 Å². The third kappa shape index (κ3) is 1.78. The summed E-state index contributed by atoms with van der Waals surface area (Å²) in [5.74, 6) is -0.710. The van der Waals surface area contributed by atoms with Gasteiger partial charge < -0.3 is 14.8 Å². The van der Waals surface area contributed by atoms with Crippen LogP contribution in [0.2, 0.25) is 0 Å². The van der Waals surface area contributed by atoms with Crippen molar-refractivity contribution in [1.29, 1.82) is 5.26 Å². The number of fused-ring (bicyclic) bond motifs is 1. The van der Waals surface area contributed by atoms with Crippen molar-refractivity contribution in [3.05, 3.63) is 23.5 Å². The summed E-state index contributed by atoms with van der Waals surface area (Å²) >= 11 is 0. The standard InChI is InChI=1S/C11H9N3O3/c1-17-9-4-7-6(2-3-12)10(11(15)16)14-8(7)5-13-9/h4-5,14H,2H2,1H3,(H,15,16). The van der Waals surface area contributed by atoms with Gasteiger partial charge in [0.15, 0.2) is 0 Å². The maximum absolute atomic E-state index is 11.0. The number of nitriles is 1. The number of rotatable bonds is 3. The molecule has 0 unspecified atom stereocenters. The minimum atomic E-state index is -1.09. The Morgan fingerprint density at radius 2 is 2.47 bits per heavy atom. The minimum absolute atomic E-state index is 0.0226. The van der Waals surface area contributed by atoms with E-state index in [2.05, 4.69) is 9.97 Å². The first-order chi connectivity index (χ1) is 8.17. The van der Waals surface area contributed by atoms with Crippen LogP contribution in [-0.2, 0) is 6.42 Å². The molecule has 0 atom stereocenters. The number of H-pyrrole nitrogens is 1. The Hall–Kier alpha value is -2.55. The van der Waals surface area contributed by atoms with Crippen LogP contribution in [0.1, 0.15) is 16.1 Å². The van der Waals surface area contributed by atoms with Gasteiger partial charge in [-0.1, -0.05) is 0 Å². The molecule has 0 amide bonds. The molecule has 0 radical (unpaired) electrons. The SMILES string of the molecule is COc1cc2c(CC#N)c(C(=O)O)[nH]c2cn1. The molecule has 0 fully saturated rings. The predicted octanol–water partition coefficient (Wildman–Crippen LogP) is 1.34. The van der Waals surface area contributed by atoms with Crippen LogP contribution in [-0.4, -0.2) is 28.2 Å². The first-order valence-corrected chi connectivity index (χ1v) is 4.82. The molecule has 0 spiro atoms. The highest BCUT2D eigenvalue weighted by atomic mass is 16.5. The molecule has 0 saturated carbocycles. The molecule has 0 aliphatic heterocycles. The summed E-state index contributed by atoms with van der Waals surface area (Å²) in [6, 6.07) is 3.57. The summed E-state index contributed by atoms with van der Waals surface area (Å²) in [7, 11) is 1.48. The van der Waals surface area contributed by atoms with E-state index in [-0.39, 0.29) is 12.1 Å². The highest BCUT2D eigenvalue weighted by Gasteiger charge is 2.17. The monoisotopic (exact) mass is 231 g/mol. The molecule has 2 heterocycles. The number of ether oxygens (including phenoxy) is 1. The zero-order valence-corrected chi connectivity index (χ0v) is 9.02. The molecule has 6 nitrogen and oxygen atoms in total. The maximum Gasteiger partial charge on any atom is 0.352 e. The Balaban J connectivity index is 2.73. The Labute approximate surface area is 96.5 Å². The molecule has 2 aromatic heterocycles. The zero-order valence-electron chi connectivity index (χ0n) is 9.02. The van der Waals surface area contributed by atoms with Crippen LogP contribution >= 0.6 is 0 Å². The second kappa shape index (κ2) is 4.14. The number of nitrogens with zero attached hydrogens (tertiary/aromatic N) is 2. The number of carbonyl (C=O) groups is 1. The lowest BCUT2D eigenvalue weighted by atomic mass is 10.1. The number of aromatic carboxylic acids is 1. The normalized spacial score (nSPS) is 10.1. The van der Waals surface area contributed by atoms with Gasteiger partial charge in [0.25, 0.3) is 0 Å². The van der Waals surface area contributed by atoms with E-state index >= 15 is 0 Å². The molecule has 2 aromatic rings. The summed E-state index contributed by atoms with van der Waals surface area (Å²) in [6.07, 6.45) is 1.51. The van der Waals surface area contributed by atoms with Crippen molar-refractivity contribution in [3.8, 4) is 11.9 Å². The molecular formula is C11H9N3O3. The van der Waals surface area contributed by atoms with Crippen molar-refractivity contribution in [1.82, 2.24) is 9.97 Å². The Morgan fingerprint density at radius 3 is 3.06 bits per heavy atom. The van der Waals surface area contributed by atoms with Gasteiger partial charge in [0.1, 0.15) is 5.69 Å². The van der Waals surface area contributed by atoms with Gasteiger partial charge in [-0.2, -0.15) is 5.26 Å². The molecule has 0 aliphatic rings. The molecule has 17 heavy (non-hydrogen) atoms. The van der Waals surface area contributed by atoms with Crippen molar-refractivity contribution in [2.75, 3.05) is 7.11 Å². The van der Waals surface area contributed by atoms with Crippen molar-refractivity contribution < 1.29 is 14.6 Å². The van der Waals surface area contributed by atoms with Crippen LogP contribution in [0.5, 0.6) is 5.88 Å². The van der Waals surface area contributed by atoms with Gasteiger partial charge in [-0.15, -0.1) is 0 Å². The van der Waals surface area contributed by atoms with E-state index in [1.165, 1.54) is 13.3 Å². The zero-order chi connectivity index (χ0) is 12.4. The maximum atomic E-state index is 11.0. The average molecular weight is 231 g/mol. The predicted molar refractivity (Wildman–Crippen MR) is 58.9 cm³/mol. The highest BCUT2D eigenvalue weighted by Crippen LogP contribution is 2.25. The van der Waals surface area contributed by atoms with E-state index in [1.807, 2.05) is 6.07 Å². The quantitative estimate of drug-likeness (QED) is 0.830. The number of pyridine rings is 1. The summed E-state index contributed by atoms with van der Waals surface area (Å²) in [4.78, 5) is 17.7. The van der Waals surface area contributed by atoms with E-state index in [1.54, 1.807) is 6.07 Å². The second-order valence-electron chi connectivity index (χ2n) is 3.39. The Bertz CT molecular complexity index is 625. The third-order valence-electron chi connectivity index (χ3n) is 2.44.